The predicted octanol–water partition coefficient (Wildman–Crippen LogP) is 3.63. The summed E-state index contributed by atoms with van der Waals surface area (Å²) < 4.78 is 25.4. The van der Waals surface area contributed by atoms with E-state index in [0.717, 1.165) is 0 Å². The molecule has 0 saturated heterocycles. The SMILES string of the molecule is N#CCc1cc(Cl)nc(CBr)c1C(F)F. The van der Waals surface area contributed by atoms with Crippen LogP contribution in [0.5, 0.6) is 0 Å². The Morgan fingerprint density at radius 2 is 2.27 bits per heavy atom. The van der Waals surface area contributed by atoms with Gasteiger partial charge in [-0.05, 0) is 11.6 Å². The summed E-state index contributed by atoms with van der Waals surface area (Å²) >= 11 is 8.71. The normalized spacial score (nSPS) is 10.4. The lowest BCUT2D eigenvalue weighted by molar-refractivity contribution is 0.149. The van der Waals surface area contributed by atoms with Crippen molar-refractivity contribution in [3.63, 3.8) is 0 Å². The number of aromatic nitrogens is 1. The molecule has 2 nitrogen and oxygen atoms in total. The van der Waals surface area contributed by atoms with Crippen LogP contribution < -0.4 is 0 Å². The summed E-state index contributed by atoms with van der Waals surface area (Å²) in [6, 6.07) is 3.13. The zero-order valence-corrected chi connectivity index (χ0v) is 9.82. The minimum Gasteiger partial charge on any atom is -0.240 e. The van der Waals surface area contributed by atoms with Crippen LogP contribution in [0.25, 0.3) is 0 Å². The topological polar surface area (TPSA) is 36.7 Å². The molecule has 1 aromatic rings. The monoisotopic (exact) mass is 294 g/mol. The van der Waals surface area contributed by atoms with Gasteiger partial charge in [-0.3, -0.25) is 0 Å². The Balaban J connectivity index is 3.34. The molecule has 1 aromatic heterocycles. The van der Waals surface area contributed by atoms with Crippen molar-refractivity contribution in [2.45, 2.75) is 18.2 Å². The molecule has 0 bridgehead atoms. The Hall–Kier alpha value is -0.730. The molecule has 0 fully saturated rings. The van der Waals surface area contributed by atoms with Gasteiger partial charge < -0.3 is 0 Å². The Morgan fingerprint density at radius 3 is 2.73 bits per heavy atom. The van der Waals surface area contributed by atoms with Crippen LogP contribution in [0, 0.1) is 11.3 Å². The summed E-state index contributed by atoms with van der Waals surface area (Å²) in [7, 11) is 0. The molecule has 0 saturated carbocycles. The van der Waals surface area contributed by atoms with Gasteiger partial charge in [0.15, 0.2) is 0 Å². The van der Waals surface area contributed by atoms with Gasteiger partial charge in [0.05, 0.1) is 18.2 Å². The molecule has 15 heavy (non-hydrogen) atoms. The molecule has 0 aromatic carbocycles. The largest absolute Gasteiger partial charge is 0.265 e. The van der Waals surface area contributed by atoms with Gasteiger partial charge >= 0.3 is 0 Å². The fourth-order valence-electron chi connectivity index (χ4n) is 1.23. The van der Waals surface area contributed by atoms with Gasteiger partial charge in [-0.1, -0.05) is 27.5 Å². The molecule has 0 aliphatic carbocycles. The number of nitrogens with zero attached hydrogens (tertiary/aromatic N) is 2. The van der Waals surface area contributed by atoms with Crippen molar-refractivity contribution >= 4 is 27.5 Å². The second kappa shape index (κ2) is 5.38. The number of pyridine rings is 1. The van der Waals surface area contributed by atoms with Crippen molar-refractivity contribution in [2.75, 3.05) is 0 Å². The Kier molecular flexibility index (Phi) is 4.43. The van der Waals surface area contributed by atoms with Crippen molar-refractivity contribution < 1.29 is 8.78 Å². The number of hydrogen-bond acceptors (Lipinski definition) is 2. The second-order valence-electron chi connectivity index (χ2n) is 2.73. The zero-order chi connectivity index (χ0) is 11.4. The van der Waals surface area contributed by atoms with Crippen molar-refractivity contribution in [3.8, 4) is 6.07 Å². The maximum atomic E-state index is 12.7. The van der Waals surface area contributed by atoms with Crippen LogP contribution in [0.4, 0.5) is 8.78 Å². The van der Waals surface area contributed by atoms with Gasteiger partial charge in [-0.15, -0.1) is 0 Å². The summed E-state index contributed by atoms with van der Waals surface area (Å²) in [6.07, 6.45) is -2.74. The van der Waals surface area contributed by atoms with Crippen LogP contribution in [0.2, 0.25) is 5.15 Å². The highest BCUT2D eigenvalue weighted by atomic mass is 79.9. The van der Waals surface area contributed by atoms with Crippen molar-refractivity contribution in [2.24, 2.45) is 0 Å². The third-order valence-electron chi connectivity index (χ3n) is 1.81. The highest BCUT2D eigenvalue weighted by Crippen LogP contribution is 2.29. The summed E-state index contributed by atoms with van der Waals surface area (Å²) in [6.45, 7) is 0. The summed E-state index contributed by atoms with van der Waals surface area (Å²) in [5.41, 5.74) is 0.225. The molecule has 1 heterocycles. The fourth-order valence-corrected chi connectivity index (χ4v) is 1.89. The van der Waals surface area contributed by atoms with E-state index in [1.165, 1.54) is 6.07 Å². The number of alkyl halides is 3. The van der Waals surface area contributed by atoms with Gasteiger partial charge in [-0.25, -0.2) is 13.8 Å². The van der Waals surface area contributed by atoms with Crippen molar-refractivity contribution in [3.05, 3.63) is 28.0 Å². The maximum Gasteiger partial charge on any atom is 0.265 e. The lowest BCUT2D eigenvalue weighted by Gasteiger charge is -2.10. The quantitative estimate of drug-likeness (QED) is 0.630. The van der Waals surface area contributed by atoms with E-state index in [0.29, 0.717) is 0 Å². The van der Waals surface area contributed by atoms with Crippen LogP contribution in [-0.2, 0) is 11.8 Å². The van der Waals surface area contributed by atoms with E-state index < -0.39 is 6.43 Å². The molecule has 0 unspecified atom stereocenters. The second-order valence-corrected chi connectivity index (χ2v) is 3.68. The van der Waals surface area contributed by atoms with E-state index in [4.69, 9.17) is 16.9 Å². The average Bonchev–Trinajstić information content (AvgIpc) is 2.16. The van der Waals surface area contributed by atoms with Crippen LogP contribution in [0.1, 0.15) is 23.2 Å². The molecule has 0 spiro atoms. The van der Waals surface area contributed by atoms with E-state index in [2.05, 4.69) is 20.9 Å². The van der Waals surface area contributed by atoms with Crippen molar-refractivity contribution in [1.82, 2.24) is 4.98 Å². The van der Waals surface area contributed by atoms with E-state index in [9.17, 15) is 8.78 Å². The highest BCUT2D eigenvalue weighted by molar-refractivity contribution is 9.08. The lowest BCUT2D eigenvalue weighted by Crippen LogP contribution is -2.02. The molecule has 0 aliphatic heterocycles. The number of rotatable bonds is 3. The van der Waals surface area contributed by atoms with Gasteiger partial charge in [0.1, 0.15) is 5.15 Å². The minimum atomic E-state index is -2.65. The lowest BCUT2D eigenvalue weighted by atomic mass is 10.1. The Morgan fingerprint density at radius 1 is 1.60 bits per heavy atom. The summed E-state index contributed by atoms with van der Waals surface area (Å²) in [5.74, 6) is 0. The number of hydrogen-bond donors (Lipinski definition) is 0. The minimum absolute atomic E-state index is 0.0953. The fraction of sp³-hybridized carbons (Fsp3) is 0.333. The third-order valence-corrected chi connectivity index (χ3v) is 2.53. The summed E-state index contributed by atoms with van der Waals surface area (Å²) in [5, 5.41) is 8.82. The number of halogens is 4. The van der Waals surface area contributed by atoms with E-state index in [-0.39, 0.29) is 33.7 Å². The van der Waals surface area contributed by atoms with Gasteiger partial charge in [0.2, 0.25) is 0 Å². The van der Waals surface area contributed by atoms with Crippen LogP contribution in [0.15, 0.2) is 6.07 Å². The average molecular weight is 296 g/mol. The van der Waals surface area contributed by atoms with Gasteiger partial charge in [0.25, 0.3) is 6.43 Å². The standard InChI is InChI=1S/C9H6BrClF2N2/c10-4-6-8(9(12)13)5(1-2-14)3-7(11)15-6/h3,9H,1,4H2. The molecule has 0 amide bonds. The van der Waals surface area contributed by atoms with Crippen LogP contribution in [-0.4, -0.2) is 4.98 Å². The van der Waals surface area contributed by atoms with Gasteiger partial charge in [-0.2, -0.15) is 5.26 Å². The Bertz CT molecular complexity index is 404. The molecular weight excluding hydrogens is 289 g/mol. The molecule has 1 rings (SSSR count). The molecule has 0 aliphatic rings. The van der Waals surface area contributed by atoms with Crippen LogP contribution in [0.3, 0.4) is 0 Å². The first-order valence-electron chi connectivity index (χ1n) is 3.99. The number of nitriles is 1. The smallest absolute Gasteiger partial charge is 0.240 e. The predicted molar refractivity (Wildman–Crippen MR) is 56.2 cm³/mol. The van der Waals surface area contributed by atoms with E-state index in [1.54, 1.807) is 0 Å². The third kappa shape index (κ3) is 2.86. The molecule has 0 atom stereocenters. The zero-order valence-electron chi connectivity index (χ0n) is 7.48. The van der Waals surface area contributed by atoms with Crippen molar-refractivity contribution in [1.29, 1.82) is 5.26 Å². The van der Waals surface area contributed by atoms with E-state index >= 15 is 0 Å². The van der Waals surface area contributed by atoms with Crippen LogP contribution >= 0.6 is 27.5 Å². The van der Waals surface area contributed by atoms with Gasteiger partial charge in [0, 0.05) is 10.9 Å². The molecule has 80 valence electrons. The molecule has 0 radical (unpaired) electrons. The first kappa shape index (κ1) is 12.3. The molecular formula is C9H6BrClF2N2. The molecule has 6 heteroatoms. The molecule has 0 N–H and O–H groups in total. The van der Waals surface area contributed by atoms with E-state index in [1.807, 2.05) is 6.07 Å². The summed E-state index contributed by atoms with van der Waals surface area (Å²) in [4.78, 5) is 3.78. The first-order chi connectivity index (χ1) is 7.10. The first-order valence-corrected chi connectivity index (χ1v) is 5.49. The Labute approximate surface area is 99.0 Å². The highest BCUT2D eigenvalue weighted by Gasteiger charge is 2.19. The maximum absolute atomic E-state index is 12.7.